The summed E-state index contributed by atoms with van der Waals surface area (Å²) >= 11 is 6.91. The topological polar surface area (TPSA) is 97.1 Å². The van der Waals surface area contributed by atoms with Crippen LogP contribution in [0.15, 0.2) is 17.4 Å². The zero-order chi connectivity index (χ0) is 15.5. The summed E-state index contributed by atoms with van der Waals surface area (Å²) in [4.78, 5) is 4.53. The predicted octanol–water partition coefficient (Wildman–Crippen LogP) is 1.06. The number of thiazole rings is 1. The molecule has 0 atom stereocenters. The number of aryl methyl sites for hydroxylation is 1. The van der Waals surface area contributed by atoms with E-state index in [0.29, 0.717) is 11.3 Å². The summed E-state index contributed by atoms with van der Waals surface area (Å²) in [6.45, 7) is -0.0235. The van der Waals surface area contributed by atoms with Gasteiger partial charge < -0.3 is 5.11 Å². The van der Waals surface area contributed by atoms with Crippen LogP contribution in [0.4, 0.5) is 5.13 Å². The summed E-state index contributed by atoms with van der Waals surface area (Å²) in [6, 6.07) is 0. The number of aliphatic hydroxyl groups excluding tert-OH is 1. The lowest BCUT2D eigenvalue weighted by Crippen LogP contribution is -2.16. The summed E-state index contributed by atoms with van der Waals surface area (Å²) in [7, 11) is -2.38. The van der Waals surface area contributed by atoms with Gasteiger partial charge in [-0.25, -0.2) is 4.98 Å². The van der Waals surface area contributed by atoms with Gasteiger partial charge in [0.1, 0.15) is 0 Å². The van der Waals surface area contributed by atoms with E-state index in [-0.39, 0.29) is 21.8 Å². The van der Waals surface area contributed by atoms with Crippen LogP contribution in [0.5, 0.6) is 0 Å². The monoisotopic (exact) mass is 346 g/mol. The first kappa shape index (κ1) is 15.8. The van der Waals surface area contributed by atoms with E-state index < -0.39 is 10.0 Å². The fourth-order valence-electron chi connectivity index (χ4n) is 1.45. The van der Waals surface area contributed by atoms with Crippen LogP contribution in [0.3, 0.4) is 0 Å². The Morgan fingerprint density at radius 1 is 1.52 bits per heavy atom. The van der Waals surface area contributed by atoms with Crippen molar-refractivity contribution in [1.29, 1.82) is 0 Å². The number of halogens is 1. The molecule has 2 heterocycles. The molecule has 21 heavy (non-hydrogen) atoms. The number of nitrogens with one attached hydrogen (secondary N) is 1. The average Bonchev–Trinajstić information content (AvgIpc) is 2.96. The summed E-state index contributed by atoms with van der Waals surface area (Å²) in [5.74, 6) is 5.51. The zero-order valence-corrected chi connectivity index (χ0v) is 13.3. The Morgan fingerprint density at radius 2 is 2.29 bits per heavy atom. The molecule has 2 aromatic heterocycles. The number of sulfonamides is 1. The highest BCUT2D eigenvalue weighted by Crippen LogP contribution is 2.25. The maximum Gasteiger partial charge on any atom is 0.282 e. The molecule has 0 aliphatic heterocycles. The molecule has 0 aliphatic carbocycles. The third kappa shape index (κ3) is 3.74. The van der Waals surface area contributed by atoms with Crippen LogP contribution in [0.2, 0.25) is 5.02 Å². The Hall–Kier alpha value is -1.60. The first-order chi connectivity index (χ1) is 9.94. The van der Waals surface area contributed by atoms with Crippen LogP contribution >= 0.6 is 22.9 Å². The second-order valence-electron chi connectivity index (χ2n) is 3.83. The Balaban J connectivity index is 2.21. The molecule has 2 N–H and O–H groups in total. The highest BCUT2D eigenvalue weighted by Gasteiger charge is 2.23. The van der Waals surface area contributed by atoms with Gasteiger partial charge >= 0.3 is 0 Å². The van der Waals surface area contributed by atoms with Gasteiger partial charge in [-0.05, 0) is 0 Å². The summed E-state index contributed by atoms with van der Waals surface area (Å²) in [6.07, 6.45) is 3.06. The molecule has 2 aromatic rings. The first-order valence-corrected chi connectivity index (χ1v) is 8.37. The molecule has 0 aliphatic rings. The van der Waals surface area contributed by atoms with E-state index in [2.05, 4.69) is 26.6 Å². The summed E-state index contributed by atoms with van der Waals surface area (Å²) in [5, 5.41) is 12.5. The maximum absolute atomic E-state index is 12.2. The van der Waals surface area contributed by atoms with Gasteiger partial charge in [0.15, 0.2) is 10.2 Å². The van der Waals surface area contributed by atoms with Gasteiger partial charge in [-0.3, -0.25) is 9.40 Å². The van der Waals surface area contributed by atoms with Crippen molar-refractivity contribution in [3.8, 4) is 11.8 Å². The van der Waals surface area contributed by atoms with Gasteiger partial charge in [-0.1, -0.05) is 34.8 Å². The molecular formula is C11H11ClN4O3S2. The number of hydrogen-bond acceptors (Lipinski definition) is 6. The third-order valence-electron chi connectivity index (χ3n) is 2.27. The van der Waals surface area contributed by atoms with Gasteiger partial charge in [-0.15, -0.1) is 0 Å². The fourth-order valence-corrected chi connectivity index (χ4v) is 4.04. The van der Waals surface area contributed by atoms with Crippen LogP contribution in [-0.2, 0) is 17.1 Å². The standard InChI is InChI=1S/C11H11ClN4O3S2/c1-16-10(9(12)7-14-16)21(18,19)15-11-13-6-8(20-11)4-2-3-5-17/h6-7,17H,3,5H2,1H3,(H,13,15). The molecule has 0 spiro atoms. The lowest BCUT2D eigenvalue weighted by molar-refractivity contribution is 0.305. The Labute approximate surface area is 130 Å². The molecule has 0 aromatic carbocycles. The minimum atomic E-state index is -3.86. The van der Waals surface area contributed by atoms with Crippen LogP contribution in [0, 0.1) is 11.8 Å². The molecule has 0 radical (unpaired) electrons. The van der Waals surface area contributed by atoms with Crippen LogP contribution in [0.25, 0.3) is 0 Å². The molecule has 0 saturated carbocycles. The van der Waals surface area contributed by atoms with E-state index in [1.54, 1.807) is 0 Å². The van der Waals surface area contributed by atoms with Crippen LogP contribution < -0.4 is 4.72 Å². The molecule has 0 unspecified atom stereocenters. The highest BCUT2D eigenvalue weighted by molar-refractivity contribution is 7.93. The van der Waals surface area contributed by atoms with Crippen molar-refractivity contribution in [2.75, 3.05) is 11.3 Å². The number of aromatic nitrogens is 3. The van der Waals surface area contributed by atoms with E-state index in [0.717, 1.165) is 11.3 Å². The maximum atomic E-state index is 12.2. The summed E-state index contributed by atoms with van der Waals surface area (Å²) in [5.41, 5.74) is 0. The number of nitrogens with zero attached hydrogens (tertiary/aromatic N) is 3. The van der Waals surface area contributed by atoms with Crippen molar-refractivity contribution in [2.24, 2.45) is 7.05 Å². The Kier molecular flexibility index (Phi) is 4.84. The number of anilines is 1. The van der Waals surface area contributed by atoms with Crippen molar-refractivity contribution >= 4 is 38.1 Å². The SMILES string of the molecule is Cn1ncc(Cl)c1S(=O)(=O)Nc1ncc(C#CCCO)s1. The lowest BCUT2D eigenvalue weighted by Gasteiger charge is -2.05. The molecule has 112 valence electrons. The van der Waals surface area contributed by atoms with E-state index in [1.165, 1.54) is 24.1 Å². The molecule has 0 amide bonds. The molecular weight excluding hydrogens is 336 g/mol. The Morgan fingerprint density at radius 3 is 2.90 bits per heavy atom. The number of rotatable bonds is 4. The number of hydrogen-bond donors (Lipinski definition) is 2. The van der Waals surface area contributed by atoms with Crippen molar-refractivity contribution in [2.45, 2.75) is 11.4 Å². The second kappa shape index (κ2) is 6.44. The van der Waals surface area contributed by atoms with E-state index in [1.807, 2.05) is 0 Å². The van der Waals surface area contributed by atoms with Crippen LogP contribution in [-0.4, -0.2) is 34.9 Å². The zero-order valence-electron chi connectivity index (χ0n) is 10.9. The van der Waals surface area contributed by atoms with Crippen molar-refractivity contribution in [3.63, 3.8) is 0 Å². The van der Waals surface area contributed by atoms with E-state index in [9.17, 15) is 8.42 Å². The van der Waals surface area contributed by atoms with Gasteiger partial charge in [0.2, 0.25) is 0 Å². The van der Waals surface area contributed by atoms with Crippen LogP contribution in [0.1, 0.15) is 11.3 Å². The molecule has 2 rings (SSSR count). The summed E-state index contributed by atoms with van der Waals surface area (Å²) < 4.78 is 27.9. The Bertz CT molecular complexity index is 782. The normalized spacial score (nSPS) is 11.0. The molecule has 0 bridgehead atoms. The van der Waals surface area contributed by atoms with Crippen molar-refractivity contribution < 1.29 is 13.5 Å². The average molecular weight is 347 g/mol. The fraction of sp³-hybridized carbons (Fsp3) is 0.273. The van der Waals surface area contributed by atoms with Gasteiger partial charge in [-0.2, -0.15) is 13.5 Å². The van der Waals surface area contributed by atoms with E-state index >= 15 is 0 Å². The molecule has 10 heteroatoms. The predicted molar refractivity (Wildman–Crippen MR) is 79.7 cm³/mol. The van der Waals surface area contributed by atoms with Gasteiger partial charge in [0.25, 0.3) is 10.0 Å². The largest absolute Gasteiger partial charge is 0.395 e. The van der Waals surface area contributed by atoms with Crippen molar-refractivity contribution in [1.82, 2.24) is 14.8 Å². The molecule has 0 fully saturated rings. The second-order valence-corrected chi connectivity index (χ2v) is 6.87. The quantitative estimate of drug-likeness (QED) is 0.807. The van der Waals surface area contributed by atoms with E-state index in [4.69, 9.17) is 16.7 Å². The third-order valence-corrected chi connectivity index (χ3v) is 5.07. The minimum absolute atomic E-state index is 0.0235. The number of aliphatic hydroxyl groups is 1. The smallest absolute Gasteiger partial charge is 0.282 e. The van der Waals surface area contributed by atoms with Crippen molar-refractivity contribution in [3.05, 3.63) is 22.3 Å². The minimum Gasteiger partial charge on any atom is -0.395 e. The molecule has 0 saturated heterocycles. The highest BCUT2D eigenvalue weighted by atomic mass is 35.5. The molecule has 7 nitrogen and oxygen atoms in total. The first-order valence-electron chi connectivity index (χ1n) is 5.70. The van der Waals surface area contributed by atoms with Gasteiger partial charge in [0, 0.05) is 13.5 Å². The lowest BCUT2D eigenvalue weighted by atomic mass is 10.4. The van der Waals surface area contributed by atoms with Gasteiger partial charge in [0.05, 0.1) is 28.9 Å².